The summed E-state index contributed by atoms with van der Waals surface area (Å²) in [5, 5.41) is 29.0. The molecule has 0 aliphatic heterocycles. The summed E-state index contributed by atoms with van der Waals surface area (Å²) in [6, 6.07) is 6.95. The van der Waals surface area contributed by atoms with Crippen molar-refractivity contribution in [3.05, 3.63) is 48.6 Å². The molecule has 0 aliphatic carbocycles. The molecular formula is C18H26O3. The van der Waals surface area contributed by atoms with Crippen molar-refractivity contribution in [1.82, 2.24) is 0 Å². The molecule has 1 aromatic rings. The molecule has 0 saturated heterocycles. The maximum absolute atomic E-state index is 9.92. The zero-order valence-electron chi connectivity index (χ0n) is 13.1. The topological polar surface area (TPSA) is 60.7 Å². The van der Waals surface area contributed by atoms with E-state index in [4.69, 9.17) is 0 Å². The van der Waals surface area contributed by atoms with Crippen LogP contribution >= 0.6 is 0 Å². The molecule has 3 nitrogen and oxygen atoms in total. The van der Waals surface area contributed by atoms with Crippen molar-refractivity contribution < 1.29 is 15.3 Å². The first kappa shape index (κ1) is 17.5. The van der Waals surface area contributed by atoms with Crippen LogP contribution in [0, 0.1) is 5.41 Å². The Balaban J connectivity index is 2.71. The lowest BCUT2D eigenvalue weighted by atomic mass is 9.82. The highest BCUT2D eigenvalue weighted by Crippen LogP contribution is 2.30. The molecule has 3 N–H and O–H groups in total. The average Bonchev–Trinajstić information content (AvgIpc) is 2.43. The van der Waals surface area contributed by atoms with E-state index in [1.54, 1.807) is 26.0 Å². The molecule has 0 unspecified atom stereocenters. The van der Waals surface area contributed by atoms with Gasteiger partial charge in [-0.25, -0.2) is 0 Å². The molecule has 0 spiro atoms. The molecule has 0 bridgehead atoms. The van der Waals surface area contributed by atoms with Crippen molar-refractivity contribution in [3.8, 4) is 5.75 Å². The Morgan fingerprint density at radius 2 is 1.76 bits per heavy atom. The van der Waals surface area contributed by atoms with E-state index < -0.39 is 11.7 Å². The first-order valence-corrected chi connectivity index (χ1v) is 7.18. The van der Waals surface area contributed by atoms with Gasteiger partial charge in [0, 0.05) is 5.41 Å². The van der Waals surface area contributed by atoms with Crippen molar-refractivity contribution >= 4 is 6.08 Å². The third-order valence-electron chi connectivity index (χ3n) is 3.79. The largest absolute Gasteiger partial charge is 0.508 e. The Morgan fingerprint density at radius 3 is 2.24 bits per heavy atom. The minimum atomic E-state index is -1.09. The number of benzene rings is 1. The molecule has 0 aliphatic rings. The molecular weight excluding hydrogens is 264 g/mol. The number of aliphatic hydroxyl groups is 2. The third kappa shape index (κ3) is 5.74. The second-order valence-corrected chi connectivity index (χ2v) is 6.34. The Labute approximate surface area is 127 Å². The highest BCUT2D eigenvalue weighted by molar-refractivity contribution is 5.51. The fraction of sp³-hybridized carbons (Fsp3) is 0.444. The SMILES string of the molecule is C=C[C@](C)(C=Cc1ccc(O)cc1)CC[C@H](O)C(C)(C)O. The van der Waals surface area contributed by atoms with Gasteiger partial charge in [0.2, 0.25) is 0 Å². The van der Waals surface area contributed by atoms with Gasteiger partial charge in [0.1, 0.15) is 5.75 Å². The molecule has 3 heteroatoms. The van der Waals surface area contributed by atoms with E-state index in [0.717, 1.165) is 5.56 Å². The maximum atomic E-state index is 9.92. The molecule has 0 amide bonds. The first-order chi connectivity index (χ1) is 9.66. The van der Waals surface area contributed by atoms with E-state index in [-0.39, 0.29) is 11.2 Å². The Bertz CT molecular complexity index is 482. The molecule has 1 aromatic carbocycles. The fourth-order valence-electron chi connectivity index (χ4n) is 1.93. The van der Waals surface area contributed by atoms with Crippen LogP contribution in [-0.2, 0) is 0 Å². The predicted molar refractivity (Wildman–Crippen MR) is 87.0 cm³/mol. The molecule has 0 saturated carbocycles. The maximum Gasteiger partial charge on any atom is 0.115 e. The van der Waals surface area contributed by atoms with Gasteiger partial charge in [-0.05, 0) is 44.4 Å². The minimum absolute atomic E-state index is 0.243. The number of allylic oxidation sites excluding steroid dienone is 2. The lowest BCUT2D eigenvalue weighted by Crippen LogP contribution is -2.36. The van der Waals surface area contributed by atoms with Gasteiger partial charge in [-0.3, -0.25) is 0 Å². The number of hydrogen-bond acceptors (Lipinski definition) is 3. The van der Waals surface area contributed by atoms with Gasteiger partial charge in [-0.2, -0.15) is 0 Å². The molecule has 0 aromatic heterocycles. The van der Waals surface area contributed by atoms with Crippen molar-refractivity contribution in [2.24, 2.45) is 5.41 Å². The zero-order chi connectivity index (χ0) is 16.1. The summed E-state index contributed by atoms with van der Waals surface area (Å²) in [7, 11) is 0. The quantitative estimate of drug-likeness (QED) is 0.673. The van der Waals surface area contributed by atoms with Crippen LogP contribution in [0.2, 0.25) is 0 Å². The monoisotopic (exact) mass is 290 g/mol. The van der Waals surface area contributed by atoms with Crippen molar-refractivity contribution in [2.75, 3.05) is 0 Å². The van der Waals surface area contributed by atoms with Crippen LogP contribution in [-0.4, -0.2) is 27.0 Å². The van der Waals surface area contributed by atoms with Gasteiger partial charge in [0.25, 0.3) is 0 Å². The Kier molecular flexibility index (Phi) is 5.76. The van der Waals surface area contributed by atoms with Crippen molar-refractivity contribution in [1.29, 1.82) is 0 Å². The molecule has 116 valence electrons. The average molecular weight is 290 g/mol. The van der Waals surface area contributed by atoms with E-state index in [0.29, 0.717) is 12.8 Å². The highest BCUT2D eigenvalue weighted by atomic mass is 16.3. The standard InChI is InChI=1S/C18H26O3/c1-5-18(4,13-11-16(20)17(2,3)21)12-10-14-6-8-15(19)9-7-14/h5-10,12,16,19-21H,1,11,13H2,2-4H3/t16-,18+/m0/s1. The number of rotatable bonds is 7. The summed E-state index contributed by atoms with van der Waals surface area (Å²) >= 11 is 0. The molecule has 2 atom stereocenters. The Morgan fingerprint density at radius 1 is 1.19 bits per heavy atom. The van der Waals surface area contributed by atoms with Gasteiger partial charge >= 0.3 is 0 Å². The van der Waals surface area contributed by atoms with Crippen LogP contribution < -0.4 is 0 Å². The number of aliphatic hydroxyl groups excluding tert-OH is 1. The van der Waals surface area contributed by atoms with E-state index in [9.17, 15) is 15.3 Å². The molecule has 0 heterocycles. The summed E-state index contributed by atoms with van der Waals surface area (Å²) in [5.74, 6) is 0.243. The molecule has 21 heavy (non-hydrogen) atoms. The molecule has 0 radical (unpaired) electrons. The predicted octanol–water partition coefficient (Wildman–Crippen LogP) is 3.51. The summed E-state index contributed by atoms with van der Waals surface area (Å²) in [4.78, 5) is 0. The van der Waals surface area contributed by atoms with Gasteiger partial charge in [0.15, 0.2) is 0 Å². The number of phenolic OH excluding ortho intramolecular Hbond substituents is 1. The van der Waals surface area contributed by atoms with Gasteiger partial charge in [-0.15, -0.1) is 6.58 Å². The van der Waals surface area contributed by atoms with Crippen LogP contribution in [0.5, 0.6) is 5.75 Å². The first-order valence-electron chi connectivity index (χ1n) is 7.18. The third-order valence-corrected chi connectivity index (χ3v) is 3.79. The van der Waals surface area contributed by atoms with E-state index in [2.05, 4.69) is 6.58 Å². The summed E-state index contributed by atoms with van der Waals surface area (Å²) in [5.41, 5.74) is -0.365. The molecule has 0 fully saturated rings. The highest BCUT2D eigenvalue weighted by Gasteiger charge is 2.27. The number of phenols is 1. The molecule has 1 rings (SSSR count). The van der Waals surface area contributed by atoms with Crippen LogP contribution in [0.25, 0.3) is 6.08 Å². The second kappa shape index (κ2) is 6.92. The van der Waals surface area contributed by atoms with E-state index >= 15 is 0 Å². The van der Waals surface area contributed by atoms with Crippen LogP contribution in [0.1, 0.15) is 39.2 Å². The van der Waals surface area contributed by atoms with Crippen molar-refractivity contribution in [3.63, 3.8) is 0 Å². The smallest absolute Gasteiger partial charge is 0.115 e. The number of hydrogen-bond donors (Lipinski definition) is 3. The second-order valence-electron chi connectivity index (χ2n) is 6.34. The van der Waals surface area contributed by atoms with Crippen LogP contribution in [0.4, 0.5) is 0 Å². The summed E-state index contributed by atoms with van der Waals surface area (Å²) in [6.45, 7) is 9.11. The van der Waals surface area contributed by atoms with Crippen LogP contribution in [0.15, 0.2) is 43.0 Å². The summed E-state index contributed by atoms with van der Waals surface area (Å²) in [6.07, 6.45) is 6.27. The normalized spacial score (nSPS) is 16.6. The lowest BCUT2D eigenvalue weighted by molar-refractivity contribution is -0.0539. The zero-order valence-corrected chi connectivity index (χ0v) is 13.1. The van der Waals surface area contributed by atoms with Gasteiger partial charge in [-0.1, -0.05) is 37.3 Å². The van der Waals surface area contributed by atoms with Crippen molar-refractivity contribution in [2.45, 2.75) is 45.3 Å². The number of aromatic hydroxyl groups is 1. The fourth-order valence-corrected chi connectivity index (χ4v) is 1.93. The van der Waals surface area contributed by atoms with Gasteiger partial charge in [0.05, 0.1) is 11.7 Å². The van der Waals surface area contributed by atoms with E-state index in [1.165, 1.54) is 0 Å². The lowest BCUT2D eigenvalue weighted by Gasteiger charge is -2.28. The summed E-state index contributed by atoms with van der Waals surface area (Å²) < 4.78 is 0. The van der Waals surface area contributed by atoms with Gasteiger partial charge < -0.3 is 15.3 Å². The minimum Gasteiger partial charge on any atom is -0.508 e. The van der Waals surface area contributed by atoms with Crippen LogP contribution in [0.3, 0.4) is 0 Å². The Hall–Kier alpha value is -1.58. The van der Waals surface area contributed by atoms with E-state index in [1.807, 2.05) is 37.3 Å².